The summed E-state index contributed by atoms with van der Waals surface area (Å²) in [5.74, 6) is -0.359. The third kappa shape index (κ3) is 2.24. The molecule has 1 aliphatic rings. The standard InChI is InChI=1S/C16H13NO3S/c1-17-15(19)14(21-16(17)20)13(9-18)12-8-4-6-10-5-2-3-7-11(10)12/h2-8,18H,9H2,1H3/b14-13+. The molecule has 0 saturated carbocycles. The second-order valence-corrected chi connectivity index (χ2v) is 5.69. The Morgan fingerprint density at radius 1 is 1.14 bits per heavy atom. The van der Waals surface area contributed by atoms with E-state index in [-0.39, 0.29) is 17.8 Å². The molecule has 2 amide bonds. The summed E-state index contributed by atoms with van der Waals surface area (Å²) in [7, 11) is 1.45. The highest BCUT2D eigenvalue weighted by Crippen LogP contribution is 2.37. The molecule has 1 fully saturated rings. The largest absolute Gasteiger partial charge is 0.392 e. The molecular weight excluding hydrogens is 286 g/mol. The molecule has 5 heteroatoms. The van der Waals surface area contributed by atoms with Crippen LogP contribution in [-0.4, -0.2) is 34.8 Å². The van der Waals surface area contributed by atoms with Crippen LogP contribution in [0.3, 0.4) is 0 Å². The first-order chi connectivity index (χ1) is 10.1. The maximum atomic E-state index is 12.1. The van der Waals surface area contributed by atoms with Crippen LogP contribution in [0.5, 0.6) is 0 Å². The van der Waals surface area contributed by atoms with E-state index in [9.17, 15) is 14.7 Å². The van der Waals surface area contributed by atoms with Crippen molar-refractivity contribution in [3.63, 3.8) is 0 Å². The number of hydrogen-bond donors (Lipinski definition) is 1. The van der Waals surface area contributed by atoms with E-state index in [2.05, 4.69) is 0 Å². The molecule has 1 N–H and O–H groups in total. The van der Waals surface area contributed by atoms with Crippen molar-refractivity contribution < 1.29 is 14.7 Å². The quantitative estimate of drug-likeness (QED) is 0.866. The fourth-order valence-electron chi connectivity index (χ4n) is 2.39. The predicted molar refractivity (Wildman–Crippen MR) is 83.7 cm³/mol. The number of likely N-dealkylation sites (N-methyl/N-ethyl adjacent to an activating group) is 1. The van der Waals surface area contributed by atoms with Crippen LogP contribution in [0.1, 0.15) is 5.56 Å². The first kappa shape index (κ1) is 13.9. The first-order valence-corrected chi connectivity index (χ1v) is 7.27. The molecule has 0 bridgehead atoms. The number of nitrogens with zero attached hydrogens (tertiary/aromatic N) is 1. The highest BCUT2D eigenvalue weighted by Gasteiger charge is 2.34. The van der Waals surface area contributed by atoms with Crippen molar-refractivity contribution in [2.75, 3.05) is 13.7 Å². The van der Waals surface area contributed by atoms with E-state index in [1.54, 1.807) is 0 Å². The van der Waals surface area contributed by atoms with Crippen LogP contribution < -0.4 is 0 Å². The summed E-state index contributed by atoms with van der Waals surface area (Å²) in [5.41, 5.74) is 1.29. The summed E-state index contributed by atoms with van der Waals surface area (Å²) in [6.45, 7) is -0.288. The molecule has 106 valence electrons. The van der Waals surface area contributed by atoms with Crippen LogP contribution in [0.2, 0.25) is 0 Å². The third-order valence-electron chi connectivity index (χ3n) is 3.51. The van der Waals surface area contributed by atoms with Gasteiger partial charge in [0.05, 0.1) is 11.5 Å². The second-order valence-electron chi connectivity index (χ2n) is 4.72. The molecule has 2 aromatic carbocycles. The molecule has 2 aromatic rings. The number of fused-ring (bicyclic) bond motifs is 1. The van der Waals surface area contributed by atoms with Crippen LogP contribution >= 0.6 is 11.8 Å². The Kier molecular flexibility index (Phi) is 3.53. The van der Waals surface area contributed by atoms with E-state index >= 15 is 0 Å². The molecule has 0 radical (unpaired) electrons. The number of benzene rings is 2. The summed E-state index contributed by atoms with van der Waals surface area (Å²) in [6.07, 6.45) is 0. The van der Waals surface area contributed by atoms with Gasteiger partial charge in [0.1, 0.15) is 0 Å². The molecular formula is C16H13NO3S. The molecule has 21 heavy (non-hydrogen) atoms. The number of hydrogen-bond acceptors (Lipinski definition) is 4. The van der Waals surface area contributed by atoms with Gasteiger partial charge in [0.15, 0.2) is 0 Å². The fourth-order valence-corrected chi connectivity index (χ4v) is 3.31. The van der Waals surface area contributed by atoms with Crippen LogP contribution in [0.15, 0.2) is 47.4 Å². The van der Waals surface area contributed by atoms with Gasteiger partial charge in [0, 0.05) is 12.6 Å². The minimum atomic E-state index is -0.359. The zero-order valence-corrected chi connectivity index (χ0v) is 12.2. The third-order valence-corrected chi connectivity index (χ3v) is 4.58. The molecule has 0 unspecified atom stereocenters. The molecule has 0 aliphatic carbocycles. The Morgan fingerprint density at radius 3 is 2.52 bits per heavy atom. The molecule has 3 rings (SSSR count). The zero-order chi connectivity index (χ0) is 15.0. The molecule has 0 atom stereocenters. The van der Waals surface area contributed by atoms with Gasteiger partial charge in [-0.2, -0.15) is 0 Å². The Balaban J connectivity index is 2.25. The topological polar surface area (TPSA) is 57.6 Å². The lowest BCUT2D eigenvalue weighted by Crippen LogP contribution is -2.23. The number of imide groups is 1. The molecule has 1 aliphatic heterocycles. The Labute approximate surface area is 126 Å². The van der Waals surface area contributed by atoms with Crippen LogP contribution in [0, 0.1) is 0 Å². The minimum absolute atomic E-state index is 0.288. The minimum Gasteiger partial charge on any atom is -0.392 e. The Hall–Kier alpha value is -2.11. The lowest BCUT2D eigenvalue weighted by molar-refractivity contribution is -0.121. The maximum absolute atomic E-state index is 12.1. The van der Waals surface area contributed by atoms with Crippen LogP contribution in [0.4, 0.5) is 4.79 Å². The molecule has 1 heterocycles. The smallest absolute Gasteiger partial charge is 0.293 e. The average molecular weight is 299 g/mol. The fraction of sp³-hybridized carbons (Fsp3) is 0.125. The normalized spacial score (nSPS) is 17.7. The van der Waals surface area contributed by atoms with Gasteiger partial charge >= 0.3 is 0 Å². The van der Waals surface area contributed by atoms with Crippen molar-refractivity contribution in [1.82, 2.24) is 4.90 Å². The van der Waals surface area contributed by atoms with Gasteiger partial charge in [-0.3, -0.25) is 14.5 Å². The van der Waals surface area contributed by atoms with Crippen molar-refractivity contribution in [3.05, 3.63) is 52.9 Å². The summed E-state index contributed by atoms with van der Waals surface area (Å²) in [5, 5.41) is 11.4. The summed E-state index contributed by atoms with van der Waals surface area (Å²) in [6, 6.07) is 13.5. The van der Waals surface area contributed by atoms with Gasteiger partial charge in [-0.05, 0) is 28.1 Å². The SMILES string of the molecule is CN1C(=O)S/C(=C(\CO)c2cccc3ccccc23)C1=O. The first-order valence-electron chi connectivity index (χ1n) is 6.45. The van der Waals surface area contributed by atoms with Crippen molar-refractivity contribution in [3.8, 4) is 0 Å². The van der Waals surface area contributed by atoms with Gasteiger partial charge in [-0.1, -0.05) is 42.5 Å². The lowest BCUT2D eigenvalue weighted by Gasteiger charge is -2.11. The van der Waals surface area contributed by atoms with Gasteiger partial charge in [-0.15, -0.1) is 0 Å². The summed E-state index contributed by atoms with van der Waals surface area (Å²) >= 11 is 0.875. The average Bonchev–Trinajstić information content (AvgIpc) is 2.76. The van der Waals surface area contributed by atoms with Crippen molar-refractivity contribution in [2.45, 2.75) is 0 Å². The molecule has 0 spiro atoms. The van der Waals surface area contributed by atoms with E-state index in [4.69, 9.17) is 0 Å². The molecule has 0 aromatic heterocycles. The van der Waals surface area contributed by atoms with Gasteiger partial charge in [0.25, 0.3) is 11.1 Å². The van der Waals surface area contributed by atoms with Crippen LogP contribution in [-0.2, 0) is 4.79 Å². The predicted octanol–water partition coefficient (Wildman–Crippen LogP) is 2.87. The van der Waals surface area contributed by atoms with E-state index < -0.39 is 0 Å². The number of carbonyl (C=O) groups excluding carboxylic acids is 2. The number of amides is 2. The van der Waals surface area contributed by atoms with Crippen LogP contribution in [0.25, 0.3) is 16.3 Å². The van der Waals surface area contributed by atoms with E-state index in [1.807, 2.05) is 42.5 Å². The maximum Gasteiger partial charge on any atom is 0.293 e. The lowest BCUT2D eigenvalue weighted by atomic mass is 9.98. The highest BCUT2D eigenvalue weighted by molar-refractivity contribution is 8.18. The highest BCUT2D eigenvalue weighted by atomic mass is 32.2. The second kappa shape index (κ2) is 5.35. The van der Waals surface area contributed by atoms with Crippen molar-refractivity contribution >= 4 is 39.3 Å². The number of aliphatic hydroxyl groups is 1. The summed E-state index contributed by atoms with van der Waals surface area (Å²) < 4.78 is 0. The van der Waals surface area contributed by atoms with E-state index in [1.165, 1.54) is 7.05 Å². The van der Waals surface area contributed by atoms with Gasteiger partial charge < -0.3 is 5.11 Å². The molecule has 1 saturated heterocycles. The Bertz CT molecular complexity index is 777. The van der Waals surface area contributed by atoms with Crippen molar-refractivity contribution in [2.24, 2.45) is 0 Å². The van der Waals surface area contributed by atoms with Crippen molar-refractivity contribution in [1.29, 1.82) is 0 Å². The number of carbonyl (C=O) groups is 2. The van der Waals surface area contributed by atoms with E-state index in [0.717, 1.165) is 33.0 Å². The van der Waals surface area contributed by atoms with E-state index in [0.29, 0.717) is 10.5 Å². The summed E-state index contributed by atoms with van der Waals surface area (Å²) in [4.78, 5) is 25.2. The molecule has 4 nitrogen and oxygen atoms in total. The number of aliphatic hydroxyl groups excluding tert-OH is 1. The van der Waals surface area contributed by atoms with Gasteiger partial charge in [0.2, 0.25) is 0 Å². The Morgan fingerprint density at radius 2 is 1.86 bits per heavy atom. The zero-order valence-electron chi connectivity index (χ0n) is 11.4. The van der Waals surface area contributed by atoms with Gasteiger partial charge in [-0.25, -0.2) is 0 Å². The monoisotopic (exact) mass is 299 g/mol. The number of rotatable bonds is 2. The number of thioether (sulfide) groups is 1.